The highest BCUT2D eigenvalue weighted by atomic mass is 16.5. The fraction of sp³-hybridized carbons (Fsp3) is 0.625. The van der Waals surface area contributed by atoms with Gasteiger partial charge in [0, 0.05) is 17.9 Å². The van der Waals surface area contributed by atoms with Crippen molar-refractivity contribution in [2.24, 2.45) is 0 Å². The first-order valence-electron chi connectivity index (χ1n) is 7.53. The van der Waals surface area contributed by atoms with Crippen molar-refractivity contribution < 1.29 is 9.53 Å². The molecule has 4 heteroatoms. The van der Waals surface area contributed by atoms with Gasteiger partial charge in [0.25, 0.3) is 0 Å². The molecule has 1 atom stereocenters. The maximum absolute atomic E-state index is 11.9. The Labute approximate surface area is 121 Å². The van der Waals surface area contributed by atoms with Gasteiger partial charge in [0.05, 0.1) is 13.0 Å². The molecule has 4 nitrogen and oxygen atoms in total. The first-order valence-corrected chi connectivity index (χ1v) is 7.53. The highest BCUT2D eigenvalue weighted by Gasteiger charge is 2.25. The van der Waals surface area contributed by atoms with Gasteiger partial charge in [-0.1, -0.05) is 12.5 Å². The van der Waals surface area contributed by atoms with Crippen LogP contribution in [0.25, 0.3) is 0 Å². The molecule has 1 aromatic rings. The zero-order valence-electron chi connectivity index (χ0n) is 12.5. The molecule has 0 saturated carbocycles. The van der Waals surface area contributed by atoms with Crippen LogP contribution in [0.15, 0.2) is 18.3 Å². The molecule has 0 amide bonds. The van der Waals surface area contributed by atoms with Gasteiger partial charge in [-0.15, -0.1) is 0 Å². The maximum atomic E-state index is 11.9. The van der Waals surface area contributed by atoms with E-state index in [1.807, 2.05) is 26.1 Å². The summed E-state index contributed by atoms with van der Waals surface area (Å²) in [5, 5.41) is 0. The van der Waals surface area contributed by atoms with E-state index in [1.54, 1.807) is 0 Å². The zero-order valence-corrected chi connectivity index (χ0v) is 12.5. The third kappa shape index (κ3) is 4.04. The Morgan fingerprint density at radius 2 is 2.10 bits per heavy atom. The van der Waals surface area contributed by atoms with E-state index >= 15 is 0 Å². The quantitative estimate of drug-likeness (QED) is 0.776. The summed E-state index contributed by atoms with van der Waals surface area (Å²) < 4.78 is 5.12. The van der Waals surface area contributed by atoms with Crippen LogP contribution in [0.1, 0.15) is 49.9 Å². The summed E-state index contributed by atoms with van der Waals surface area (Å²) in [6.45, 7) is 6.37. The normalized spacial score (nSPS) is 17.7. The van der Waals surface area contributed by atoms with E-state index in [0.717, 1.165) is 24.3 Å². The number of piperidine rings is 1. The predicted octanol–water partition coefficient (Wildman–Crippen LogP) is 2.87. The number of nitrogens with zero attached hydrogens (tertiary/aromatic N) is 2. The number of carbonyl (C=O) groups is 1. The SMILES string of the molecule is CCOC(=O)CC(c1ccc(C)nc1)N1CCCCC1. The number of aryl methyl sites for hydroxylation is 1. The first-order chi connectivity index (χ1) is 9.70. The Morgan fingerprint density at radius 1 is 1.35 bits per heavy atom. The molecule has 1 fully saturated rings. The number of aromatic nitrogens is 1. The molecule has 110 valence electrons. The minimum absolute atomic E-state index is 0.0995. The number of esters is 1. The molecule has 0 bridgehead atoms. The van der Waals surface area contributed by atoms with Gasteiger partial charge in [0.2, 0.25) is 0 Å². The van der Waals surface area contributed by atoms with Crippen molar-refractivity contribution in [3.05, 3.63) is 29.6 Å². The number of hydrogen-bond acceptors (Lipinski definition) is 4. The summed E-state index contributed by atoms with van der Waals surface area (Å²) in [7, 11) is 0. The summed E-state index contributed by atoms with van der Waals surface area (Å²) >= 11 is 0. The lowest BCUT2D eigenvalue weighted by Crippen LogP contribution is -2.35. The number of likely N-dealkylation sites (tertiary alicyclic amines) is 1. The number of rotatable bonds is 5. The van der Waals surface area contributed by atoms with Crippen LogP contribution in [0.2, 0.25) is 0 Å². The summed E-state index contributed by atoms with van der Waals surface area (Å²) in [4.78, 5) is 18.6. The van der Waals surface area contributed by atoms with Crippen molar-refractivity contribution in [1.29, 1.82) is 0 Å². The number of hydrogen-bond donors (Lipinski definition) is 0. The van der Waals surface area contributed by atoms with Crippen molar-refractivity contribution >= 4 is 5.97 Å². The van der Waals surface area contributed by atoms with E-state index in [-0.39, 0.29) is 12.0 Å². The van der Waals surface area contributed by atoms with E-state index in [1.165, 1.54) is 19.3 Å². The van der Waals surface area contributed by atoms with Crippen molar-refractivity contribution in [1.82, 2.24) is 9.88 Å². The minimum Gasteiger partial charge on any atom is -0.466 e. The second-order valence-electron chi connectivity index (χ2n) is 5.35. The standard InChI is InChI=1S/C16H24N2O2/c1-3-20-16(19)11-15(18-9-5-4-6-10-18)14-8-7-13(2)17-12-14/h7-8,12,15H,3-6,9-11H2,1-2H3. The summed E-state index contributed by atoms with van der Waals surface area (Å²) in [6, 6.07) is 4.19. The van der Waals surface area contributed by atoms with Gasteiger partial charge in [-0.05, 0) is 51.4 Å². The molecule has 1 aromatic heterocycles. The molecule has 1 aliphatic rings. The second kappa shape index (κ2) is 7.39. The van der Waals surface area contributed by atoms with Crippen LogP contribution in [-0.4, -0.2) is 35.5 Å². The number of pyridine rings is 1. The Kier molecular flexibility index (Phi) is 5.53. The molecule has 1 unspecified atom stereocenters. The van der Waals surface area contributed by atoms with Gasteiger partial charge < -0.3 is 4.74 Å². The van der Waals surface area contributed by atoms with Crippen LogP contribution in [0, 0.1) is 6.92 Å². The van der Waals surface area contributed by atoms with Crippen LogP contribution in [0.5, 0.6) is 0 Å². The molecule has 0 aromatic carbocycles. The van der Waals surface area contributed by atoms with E-state index < -0.39 is 0 Å². The number of carbonyl (C=O) groups excluding carboxylic acids is 1. The summed E-state index contributed by atoms with van der Waals surface area (Å²) in [5.41, 5.74) is 2.12. The largest absolute Gasteiger partial charge is 0.466 e. The smallest absolute Gasteiger partial charge is 0.307 e. The first kappa shape index (κ1) is 15.0. The third-order valence-corrected chi connectivity index (χ3v) is 3.82. The zero-order chi connectivity index (χ0) is 14.4. The average Bonchev–Trinajstić information content (AvgIpc) is 2.47. The van der Waals surface area contributed by atoms with Crippen LogP contribution in [0.4, 0.5) is 0 Å². The molecule has 0 N–H and O–H groups in total. The van der Waals surface area contributed by atoms with Crippen LogP contribution < -0.4 is 0 Å². The molecule has 0 aliphatic carbocycles. The molecule has 20 heavy (non-hydrogen) atoms. The van der Waals surface area contributed by atoms with Gasteiger partial charge in [-0.3, -0.25) is 14.7 Å². The van der Waals surface area contributed by atoms with E-state index in [9.17, 15) is 4.79 Å². The van der Waals surface area contributed by atoms with Crippen molar-refractivity contribution in [2.45, 2.75) is 45.6 Å². The summed E-state index contributed by atoms with van der Waals surface area (Å²) in [5.74, 6) is -0.122. The maximum Gasteiger partial charge on any atom is 0.307 e. The van der Waals surface area contributed by atoms with E-state index in [2.05, 4.69) is 16.0 Å². The van der Waals surface area contributed by atoms with E-state index in [0.29, 0.717) is 13.0 Å². The van der Waals surface area contributed by atoms with Crippen LogP contribution in [0.3, 0.4) is 0 Å². The Morgan fingerprint density at radius 3 is 2.70 bits per heavy atom. The molecule has 2 heterocycles. The lowest BCUT2D eigenvalue weighted by molar-refractivity contribution is -0.144. The summed E-state index contributed by atoms with van der Waals surface area (Å²) in [6.07, 6.45) is 6.01. The van der Waals surface area contributed by atoms with Crippen molar-refractivity contribution in [3.8, 4) is 0 Å². The lowest BCUT2D eigenvalue weighted by Gasteiger charge is -2.34. The van der Waals surface area contributed by atoms with Gasteiger partial charge >= 0.3 is 5.97 Å². The molecule has 1 saturated heterocycles. The molecular formula is C16H24N2O2. The van der Waals surface area contributed by atoms with E-state index in [4.69, 9.17) is 4.74 Å². The molecule has 0 radical (unpaired) electrons. The van der Waals surface area contributed by atoms with Crippen molar-refractivity contribution in [2.75, 3.05) is 19.7 Å². The third-order valence-electron chi connectivity index (χ3n) is 3.82. The van der Waals surface area contributed by atoms with Gasteiger partial charge in [0.1, 0.15) is 0 Å². The molecule has 2 rings (SSSR count). The number of ether oxygens (including phenoxy) is 1. The topological polar surface area (TPSA) is 42.4 Å². The Hall–Kier alpha value is -1.42. The van der Waals surface area contributed by atoms with Gasteiger partial charge in [-0.25, -0.2) is 0 Å². The highest BCUT2D eigenvalue weighted by Crippen LogP contribution is 2.27. The Balaban J connectivity index is 2.13. The van der Waals surface area contributed by atoms with Crippen molar-refractivity contribution in [3.63, 3.8) is 0 Å². The minimum atomic E-state index is -0.122. The fourth-order valence-electron chi connectivity index (χ4n) is 2.74. The van der Waals surface area contributed by atoms with Crippen LogP contribution >= 0.6 is 0 Å². The molecule has 0 spiro atoms. The average molecular weight is 276 g/mol. The van der Waals surface area contributed by atoms with Gasteiger partial charge in [-0.2, -0.15) is 0 Å². The van der Waals surface area contributed by atoms with Crippen LogP contribution in [-0.2, 0) is 9.53 Å². The highest BCUT2D eigenvalue weighted by molar-refractivity contribution is 5.70. The second-order valence-corrected chi connectivity index (χ2v) is 5.35. The monoisotopic (exact) mass is 276 g/mol. The van der Waals surface area contributed by atoms with Gasteiger partial charge in [0.15, 0.2) is 0 Å². The lowest BCUT2D eigenvalue weighted by atomic mass is 10.00. The molecular weight excluding hydrogens is 252 g/mol. The predicted molar refractivity (Wildman–Crippen MR) is 78.4 cm³/mol. The Bertz CT molecular complexity index is 425. The fourth-order valence-corrected chi connectivity index (χ4v) is 2.74. The molecule has 1 aliphatic heterocycles.